The highest BCUT2D eigenvalue weighted by Crippen LogP contribution is 2.24. The first kappa shape index (κ1) is 14.9. The fraction of sp³-hybridized carbons (Fsp3) is 0.533. The zero-order chi connectivity index (χ0) is 14.2. The third-order valence-corrected chi connectivity index (χ3v) is 4.31. The first-order valence-corrected chi connectivity index (χ1v) is 8.15. The van der Waals surface area contributed by atoms with Crippen molar-refractivity contribution in [2.45, 2.75) is 25.8 Å². The van der Waals surface area contributed by atoms with E-state index >= 15 is 0 Å². The second-order valence-electron chi connectivity index (χ2n) is 4.87. The normalized spacial score (nSPS) is 17.1. The van der Waals surface area contributed by atoms with E-state index in [1.807, 2.05) is 17.4 Å². The van der Waals surface area contributed by atoms with E-state index in [0.717, 1.165) is 38.4 Å². The first-order valence-electron chi connectivity index (χ1n) is 7.27. The number of anilines is 1. The SMILES string of the molecule is C=CCN=C(NCC)NC1CCN(c2cccs2)CC1. The highest BCUT2D eigenvalue weighted by molar-refractivity contribution is 7.14. The predicted octanol–water partition coefficient (Wildman–Crippen LogP) is 2.46. The molecule has 1 saturated heterocycles. The van der Waals surface area contributed by atoms with Crippen LogP contribution in [0.3, 0.4) is 0 Å². The molecule has 0 aromatic carbocycles. The van der Waals surface area contributed by atoms with Gasteiger partial charge in [0, 0.05) is 25.7 Å². The Morgan fingerprint density at radius 2 is 2.35 bits per heavy atom. The summed E-state index contributed by atoms with van der Waals surface area (Å²) in [6.45, 7) is 9.56. The summed E-state index contributed by atoms with van der Waals surface area (Å²) in [6.07, 6.45) is 4.12. The number of guanidine groups is 1. The maximum Gasteiger partial charge on any atom is 0.191 e. The highest BCUT2D eigenvalue weighted by Gasteiger charge is 2.20. The van der Waals surface area contributed by atoms with Gasteiger partial charge in [0.1, 0.15) is 0 Å². The van der Waals surface area contributed by atoms with Gasteiger partial charge in [-0.25, -0.2) is 4.99 Å². The minimum atomic E-state index is 0.508. The van der Waals surface area contributed by atoms with E-state index in [4.69, 9.17) is 0 Å². The Morgan fingerprint density at radius 3 is 2.95 bits per heavy atom. The number of thiophene rings is 1. The van der Waals surface area contributed by atoms with Crippen molar-refractivity contribution in [3.63, 3.8) is 0 Å². The average Bonchev–Trinajstić information content (AvgIpc) is 3.00. The maximum absolute atomic E-state index is 4.46. The molecule has 1 aliphatic heterocycles. The van der Waals surface area contributed by atoms with E-state index in [2.05, 4.69) is 51.5 Å². The van der Waals surface area contributed by atoms with Crippen molar-refractivity contribution in [3.05, 3.63) is 30.2 Å². The molecule has 2 heterocycles. The molecule has 1 aromatic heterocycles. The van der Waals surface area contributed by atoms with Gasteiger partial charge in [-0.3, -0.25) is 0 Å². The van der Waals surface area contributed by atoms with Crippen LogP contribution in [-0.4, -0.2) is 38.2 Å². The Labute approximate surface area is 125 Å². The number of nitrogens with one attached hydrogen (secondary N) is 2. The van der Waals surface area contributed by atoms with E-state index < -0.39 is 0 Å². The Kier molecular flexibility index (Phi) is 5.92. The zero-order valence-corrected chi connectivity index (χ0v) is 13.0. The van der Waals surface area contributed by atoms with Crippen molar-refractivity contribution in [2.75, 3.05) is 31.1 Å². The lowest BCUT2D eigenvalue weighted by molar-refractivity contribution is 0.463. The highest BCUT2D eigenvalue weighted by atomic mass is 32.1. The summed E-state index contributed by atoms with van der Waals surface area (Å²) in [5.74, 6) is 0.905. The topological polar surface area (TPSA) is 39.7 Å². The molecule has 5 heteroatoms. The van der Waals surface area contributed by atoms with Gasteiger partial charge in [-0.15, -0.1) is 17.9 Å². The smallest absolute Gasteiger partial charge is 0.191 e. The minimum absolute atomic E-state index is 0.508. The molecule has 0 spiro atoms. The summed E-state index contributed by atoms with van der Waals surface area (Å²) in [5, 5.41) is 10.3. The molecular formula is C15H24N4S. The fourth-order valence-electron chi connectivity index (χ4n) is 2.36. The third kappa shape index (κ3) is 4.27. The lowest BCUT2D eigenvalue weighted by Gasteiger charge is -2.33. The summed E-state index contributed by atoms with van der Waals surface area (Å²) in [7, 11) is 0. The molecule has 0 unspecified atom stereocenters. The predicted molar refractivity (Wildman–Crippen MR) is 88.9 cm³/mol. The number of aliphatic imine (C=N–C) groups is 1. The van der Waals surface area contributed by atoms with Crippen LogP contribution in [0.4, 0.5) is 5.00 Å². The molecule has 1 aromatic rings. The quantitative estimate of drug-likeness (QED) is 0.497. The Bertz CT molecular complexity index is 419. The van der Waals surface area contributed by atoms with E-state index in [1.54, 1.807) is 0 Å². The summed E-state index contributed by atoms with van der Waals surface area (Å²) in [5.41, 5.74) is 0. The standard InChI is InChI=1S/C15H24N4S/c1-3-9-17-15(16-4-2)18-13-7-10-19(11-8-13)14-6-5-12-20-14/h3,5-6,12-13H,1,4,7-11H2,2H3,(H2,16,17,18). The van der Waals surface area contributed by atoms with Crippen LogP contribution >= 0.6 is 11.3 Å². The van der Waals surface area contributed by atoms with Crippen LogP contribution in [0.2, 0.25) is 0 Å². The first-order chi connectivity index (χ1) is 9.83. The van der Waals surface area contributed by atoms with Crippen LogP contribution in [0.5, 0.6) is 0 Å². The molecule has 0 atom stereocenters. The molecule has 0 aliphatic carbocycles. The van der Waals surface area contributed by atoms with Gasteiger partial charge in [0.2, 0.25) is 0 Å². The van der Waals surface area contributed by atoms with Gasteiger partial charge >= 0.3 is 0 Å². The Hall–Kier alpha value is -1.49. The molecule has 1 fully saturated rings. The number of hydrogen-bond donors (Lipinski definition) is 2. The minimum Gasteiger partial charge on any atom is -0.363 e. The van der Waals surface area contributed by atoms with Crippen LogP contribution in [0.15, 0.2) is 35.2 Å². The van der Waals surface area contributed by atoms with Gasteiger partial charge in [0.15, 0.2) is 5.96 Å². The van der Waals surface area contributed by atoms with Crippen molar-refractivity contribution in [1.82, 2.24) is 10.6 Å². The molecule has 2 N–H and O–H groups in total. The van der Waals surface area contributed by atoms with Gasteiger partial charge in [-0.2, -0.15) is 0 Å². The molecule has 110 valence electrons. The second kappa shape index (κ2) is 7.94. The summed E-state index contributed by atoms with van der Waals surface area (Å²) in [6, 6.07) is 4.83. The fourth-order valence-corrected chi connectivity index (χ4v) is 3.15. The molecule has 0 saturated carbocycles. The van der Waals surface area contributed by atoms with Crippen molar-refractivity contribution >= 4 is 22.3 Å². The maximum atomic E-state index is 4.46. The molecule has 2 rings (SSSR count). The Balaban J connectivity index is 1.82. The summed E-state index contributed by atoms with van der Waals surface area (Å²) >= 11 is 1.82. The molecule has 4 nitrogen and oxygen atoms in total. The van der Waals surface area contributed by atoms with Gasteiger partial charge < -0.3 is 15.5 Å². The van der Waals surface area contributed by atoms with Crippen molar-refractivity contribution in [1.29, 1.82) is 0 Å². The molecule has 1 aliphatic rings. The van der Waals surface area contributed by atoms with Crippen LogP contribution in [-0.2, 0) is 0 Å². The zero-order valence-electron chi connectivity index (χ0n) is 12.1. The van der Waals surface area contributed by atoms with Crippen LogP contribution in [0.25, 0.3) is 0 Å². The van der Waals surface area contributed by atoms with E-state index in [-0.39, 0.29) is 0 Å². The molecule has 0 bridgehead atoms. The largest absolute Gasteiger partial charge is 0.363 e. The van der Waals surface area contributed by atoms with Crippen molar-refractivity contribution < 1.29 is 0 Å². The average molecular weight is 292 g/mol. The van der Waals surface area contributed by atoms with Crippen LogP contribution in [0, 0.1) is 0 Å². The summed E-state index contributed by atoms with van der Waals surface area (Å²) in [4.78, 5) is 6.93. The third-order valence-electron chi connectivity index (χ3n) is 3.38. The summed E-state index contributed by atoms with van der Waals surface area (Å²) < 4.78 is 0. The van der Waals surface area contributed by atoms with Gasteiger partial charge in [-0.05, 0) is 37.3 Å². The van der Waals surface area contributed by atoms with Crippen LogP contribution in [0.1, 0.15) is 19.8 Å². The van der Waals surface area contributed by atoms with Gasteiger partial charge in [0.25, 0.3) is 0 Å². The molecule has 0 radical (unpaired) electrons. The van der Waals surface area contributed by atoms with E-state index in [9.17, 15) is 0 Å². The molecule has 20 heavy (non-hydrogen) atoms. The van der Waals surface area contributed by atoms with Crippen molar-refractivity contribution in [3.8, 4) is 0 Å². The van der Waals surface area contributed by atoms with Crippen molar-refractivity contribution in [2.24, 2.45) is 4.99 Å². The lowest BCUT2D eigenvalue weighted by atomic mass is 10.1. The molecule has 0 amide bonds. The molecular weight excluding hydrogens is 268 g/mol. The van der Waals surface area contributed by atoms with Gasteiger partial charge in [0.05, 0.1) is 11.5 Å². The van der Waals surface area contributed by atoms with E-state index in [0.29, 0.717) is 12.6 Å². The van der Waals surface area contributed by atoms with E-state index in [1.165, 1.54) is 5.00 Å². The van der Waals surface area contributed by atoms with Gasteiger partial charge in [-0.1, -0.05) is 6.08 Å². The monoisotopic (exact) mass is 292 g/mol. The number of hydrogen-bond acceptors (Lipinski definition) is 3. The number of nitrogens with zero attached hydrogens (tertiary/aromatic N) is 2. The second-order valence-corrected chi connectivity index (χ2v) is 5.79. The Morgan fingerprint density at radius 1 is 1.55 bits per heavy atom. The lowest BCUT2D eigenvalue weighted by Crippen LogP contribution is -2.48. The van der Waals surface area contributed by atoms with Crippen LogP contribution < -0.4 is 15.5 Å². The number of piperidine rings is 1. The number of rotatable bonds is 5.